The van der Waals surface area contributed by atoms with Crippen LogP contribution in [0.4, 0.5) is 0 Å². The number of carbonyl (C=O) groups is 1. The molecule has 0 saturated heterocycles. The highest BCUT2D eigenvalue weighted by molar-refractivity contribution is 6.21. The fraction of sp³-hybridized carbons (Fsp3) is 0.200. The third-order valence-electron chi connectivity index (χ3n) is 3.56. The number of rotatable bonds is 2. The summed E-state index contributed by atoms with van der Waals surface area (Å²) in [6.45, 7) is 1.86. The number of methoxy groups -OCH3 is 2. The Kier molecular flexibility index (Phi) is 2.64. The van der Waals surface area contributed by atoms with Gasteiger partial charge in [-0.15, -0.1) is 0 Å². The number of nitrogens with zero attached hydrogens (tertiary/aromatic N) is 1. The second-order valence-corrected chi connectivity index (χ2v) is 4.57. The molecule has 0 fully saturated rings. The zero-order chi connectivity index (χ0) is 14.4. The zero-order valence-electron chi connectivity index (χ0n) is 11.4. The van der Waals surface area contributed by atoms with Crippen molar-refractivity contribution in [2.24, 2.45) is 0 Å². The highest BCUT2D eigenvalue weighted by atomic mass is 16.5. The first-order valence-electron chi connectivity index (χ1n) is 6.08. The molecule has 20 heavy (non-hydrogen) atoms. The van der Waals surface area contributed by atoms with Crippen LogP contribution in [0.2, 0.25) is 0 Å². The second-order valence-electron chi connectivity index (χ2n) is 4.57. The molecule has 2 aromatic rings. The van der Waals surface area contributed by atoms with Crippen LogP contribution < -0.4 is 9.47 Å². The van der Waals surface area contributed by atoms with Gasteiger partial charge in [0.15, 0.2) is 11.5 Å². The van der Waals surface area contributed by atoms with Gasteiger partial charge in [0.1, 0.15) is 11.4 Å². The Balaban J connectivity index is 2.33. The average Bonchev–Trinajstić information content (AvgIpc) is 2.72. The summed E-state index contributed by atoms with van der Waals surface area (Å²) < 4.78 is 10.3. The molecule has 1 aliphatic carbocycles. The number of ketones is 1. The van der Waals surface area contributed by atoms with Gasteiger partial charge in [-0.05, 0) is 24.6 Å². The van der Waals surface area contributed by atoms with Gasteiger partial charge in [0.25, 0.3) is 0 Å². The Morgan fingerprint density at radius 3 is 2.45 bits per heavy atom. The van der Waals surface area contributed by atoms with Crippen molar-refractivity contribution in [2.45, 2.75) is 6.92 Å². The van der Waals surface area contributed by atoms with Gasteiger partial charge in [0.05, 0.1) is 20.4 Å². The lowest BCUT2D eigenvalue weighted by molar-refractivity contribution is 0.103. The minimum absolute atomic E-state index is 0.00544. The summed E-state index contributed by atoms with van der Waals surface area (Å²) in [5.41, 5.74) is 3.06. The molecular weight excluding hydrogens is 258 g/mol. The molecule has 5 nitrogen and oxygen atoms in total. The normalized spacial score (nSPS) is 12.1. The van der Waals surface area contributed by atoms with E-state index >= 15 is 0 Å². The van der Waals surface area contributed by atoms with Crippen LogP contribution in [0.1, 0.15) is 21.6 Å². The first-order chi connectivity index (χ1) is 9.58. The number of hydrogen-bond donors (Lipinski definition) is 1. The fourth-order valence-electron chi connectivity index (χ4n) is 2.55. The molecule has 0 saturated carbocycles. The Hall–Kier alpha value is -2.56. The Morgan fingerprint density at radius 2 is 1.80 bits per heavy atom. The van der Waals surface area contributed by atoms with Crippen molar-refractivity contribution in [1.82, 2.24) is 4.98 Å². The van der Waals surface area contributed by atoms with Crippen LogP contribution in [0.15, 0.2) is 18.3 Å². The fourth-order valence-corrected chi connectivity index (χ4v) is 2.55. The van der Waals surface area contributed by atoms with Crippen molar-refractivity contribution in [3.8, 4) is 28.4 Å². The molecule has 1 heterocycles. The van der Waals surface area contributed by atoms with Crippen LogP contribution in [-0.2, 0) is 0 Å². The van der Waals surface area contributed by atoms with E-state index in [-0.39, 0.29) is 17.3 Å². The number of carbonyl (C=O) groups excluding carboxylic acids is 1. The minimum atomic E-state index is -0.168. The Bertz CT molecular complexity index is 737. The number of phenolic OH excluding ortho intramolecular Hbond substituents is 1. The lowest BCUT2D eigenvalue weighted by Gasteiger charge is -2.10. The summed E-state index contributed by atoms with van der Waals surface area (Å²) in [6.07, 6.45) is 1.54. The molecule has 0 bridgehead atoms. The monoisotopic (exact) mass is 271 g/mol. The molecule has 5 heteroatoms. The molecule has 1 aromatic carbocycles. The number of fused-ring (bicyclic) bond motifs is 3. The number of aromatic hydroxyl groups is 1. The summed E-state index contributed by atoms with van der Waals surface area (Å²) in [5, 5.41) is 9.92. The van der Waals surface area contributed by atoms with Crippen LogP contribution in [0, 0.1) is 6.92 Å². The maximum Gasteiger partial charge on any atom is 0.212 e. The predicted molar refractivity (Wildman–Crippen MR) is 72.6 cm³/mol. The molecule has 0 atom stereocenters. The quantitative estimate of drug-likeness (QED) is 0.774. The van der Waals surface area contributed by atoms with Crippen molar-refractivity contribution in [3.05, 3.63) is 35.2 Å². The first kappa shape index (κ1) is 12.5. The third-order valence-corrected chi connectivity index (χ3v) is 3.56. The topological polar surface area (TPSA) is 68.7 Å². The van der Waals surface area contributed by atoms with Gasteiger partial charge >= 0.3 is 0 Å². The molecule has 1 N–H and O–H groups in total. The van der Waals surface area contributed by atoms with Gasteiger partial charge < -0.3 is 14.6 Å². The number of benzene rings is 1. The smallest absolute Gasteiger partial charge is 0.212 e. The molecule has 1 aliphatic rings. The van der Waals surface area contributed by atoms with Gasteiger partial charge in [-0.25, -0.2) is 4.98 Å². The van der Waals surface area contributed by atoms with E-state index in [0.717, 1.165) is 5.56 Å². The average molecular weight is 271 g/mol. The van der Waals surface area contributed by atoms with Crippen LogP contribution in [0.3, 0.4) is 0 Å². The van der Waals surface area contributed by atoms with Gasteiger partial charge in [0.2, 0.25) is 5.78 Å². The number of hydrogen-bond acceptors (Lipinski definition) is 5. The number of phenols is 1. The van der Waals surface area contributed by atoms with E-state index in [4.69, 9.17) is 9.47 Å². The Morgan fingerprint density at radius 1 is 1.10 bits per heavy atom. The predicted octanol–water partition coefficient (Wildman–Crippen LogP) is 2.32. The summed E-state index contributed by atoms with van der Waals surface area (Å²) in [4.78, 5) is 16.6. The maximum atomic E-state index is 12.4. The van der Waals surface area contributed by atoms with Crippen molar-refractivity contribution in [1.29, 1.82) is 0 Å². The minimum Gasteiger partial charge on any atom is -0.504 e. The number of aromatic nitrogens is 1. The second kappa shape index (κ2) is 4.23. The van der Waals surface area contributed by atoms with Gasteiger partial charge in [-0.1, -0.05) is 0 Å². The molecule has 0 amide bonds. The molecule has 0 spiro atoms. The first-order valence-corrected chi connectivity index (χ1v) is 6.08. The standard InChI is InChI=1S/C15H13NO4/c1-7-12(20-3)6-16-14-13(7)8-4-10(17)11(19-2)5-9(8)15(14)18/h4-6,17H,1-3H3. The molecule has 1 aromatic heterocycles. The lowest BCUT2D eigenvalue weighted by atomic mass is 10.0. The van der Waals surface area contributed by atoms with Crippen molar-refractivity contribution in [3.63, 3.8) is 0 Å². The van der Waals surface area contributed by atoms with Gasteiger partial charge in [-0.2, -0.15) is 0 Å². The molecule has 0 radical (unpaired) electrons. The molecule has 3 rings (SSSR count). The number of pyridine rings is 1. The van der Waals surface area contributed by atoms with E-state index in [0.29, 0.717) is 28.1 Å². The van der Waals surface area contributed by atoms with Crippen LogP contribution in [0.5, 0.6) is 17.2 Å². The third kappa shape index (κ3) is 1.49. The lowest BCUT2D eigenvalue weighted by Crippen LogP contribution is -2.00. The Labute approximate surface area is 115 Å². The van der Waals surface area contributed by atoms with Crippen LogP contribution in [0.25, 0.3) is 11.1 Å². The number of ether oxygens (including phenoxy) is 2. The van der Waals surface area contributed by atoms with Crippen LogP contribution >= 0.6 is 0 Å². The summed E-state index contributed by atoms with van der Waals surface area (Å²) in [7, 11) is 3.00. The summed E-state index contributed by atoms with van der Waals surface area (Å²) >= 11 is 0. The molecule has 0 unspecified atom stereocenters. The molecule has 102 valence electrons. The van der Waals surface area contributed by atoms with Crippen LogP contribution in [-0.4, -0.2) is 30.1 Å². The zero-order valence-corrected chi connectivity index (χ0v) is 11.4. The van der Waals surface area contributed by atoms with Crippen molar-refractivity contribution >= 4 is 5.78 Å². The summed E-state index contributed by atoms with van der Waals surface area (Å²) in [5.74, 6) is 0.711. The van der Waals surface area contributed by atoms with Crippen molar-refractivity contribution < 1.29 is 19.4 Å². The van der Waals surface area contributed by atoms with E-state index in [2.05, 4.69) is 4.98 Å². The highest BCUT2D eigenvalue weighted by Crippen LogP contribution is 2.44. The van der Waals surface area contributed by atoms with E-state index in [9.17, 15) is 9.90 Å². The SMILES string of the molecule is COc1cc2c(cc1O)-c1c(ncc(OC)c1C)C2=O. The van der Waals surface area contributed by atoms with Crippen molar-refractivity contribution in [2.75, 3.05) is 14.2 Å². The highest BCUT2D eigenvalue weighted by Gasteiger charge is 2.32. The van der Waals surface area contributed by atoms with E-state index in [1.54, 1.807) is 13.2 Å². The van der Waals surface area contributed by atoms with Gasteiger partial charge in [-0.3, -0.25) is 4.79 Å². The summed E-state index contributed by atoms with van der Waals surface area (Å²) in [6, 6.07) is 3.08. The van der Waals surface area contributed by atoms with E-state index in [1.165, 1.54) is 19.4 Å². The molecule has 0 aliphatic heterocycles. The van der Waals surface area contributed by atoms with E-state index in [1.807, 2.05) is 6.92 Å². The molecular formula is C15H13NO4. The maximum absolute atomic E-state index is 12.4. The largest absolute Gasteiger partial charge is 0.504 e. The van der Waals surface area contributed by atoms with Gasteiger partial charge in [0, 0.05) is 16.7 Å². The van der Waals surface area contributed by atoms with E-state index < -0.39 is 0 Å².